The van der Waals surface area contributed by atoms with Gasteiger partial charge in [-0.3, -0.25) is 24.3 Å². The smallest absolute Gasteiger partial charge is 0.300 e. The van der Waals surface area contributed by atoms with E-state index in [9.17, 15) is 19.5 Å². The minimum Gasteiger partial charge on any atom is -0.507 e. The van der Waals surface area contributed by atoms with E-state index in [2.05, 4.69) is 10.3 Å². The van der Waals surface area contributed by atoms with Crippen LogP contribution < -0.4 is 15.1 Å². The van der Waals surface area contributed by atoms with Gasteiger partial charge in [-0.05, 0) is 54.1 Å². The van der Waals surface area contributed by atoms with Gasteiger partial charge in [-0.15, -0.1) is 0 Å². The number of amides is 2. The zero-order valence-corrected chi connectivity index (χ0v) is 19.0. The Labute approximate surface area is 197 Å². The maximum absolute atomic E-state index is 13.2. The third-order valence-corrected chi connectivity index (χ3v) is 5.59. The van der Waals surface area contributed by atoms with Crippen LogP contribution in [0.3, 0.4) is 0 Å². The molecule has 2 heterocycles. The molecule has 34 heavy (non-hydrogen) atoms. The van der Waals surface area contributed by atoms with Gasteiger partial charge in [0.15, 0.2) is 0 Å². The maximum Gasteiger partial charge on any atom is 0.300 e. The van der Waals surface area contributed by atoms with Gasteiger partial charge < -0.3 is 15.3 Å². The summed E-state index contributed by atoms with van der Waals surface area (Å²) in [6, 6.07) is 16.4. The largest absolute Gasteiger partial charge is 0.507 e. The summed E-state index contributed by atoms with van der Waals surface area (Å²) < 4.78 is 0. The molecule has 0 saturated carbocycles. The molecule has 1 unspecified atom stereocenters. The summed E-state index contributed by atoms with van der Waals surface area (Å²) in [6.45, 7) is 1.41. The van der Waals surface area contributed by atoms with Crippen molar-refractivity contribution in [2.24, 2.45) is 0 Å². The standard InChI is InChI=1S/C26H24N4O4/c1-16(31)28-19-6-10-21(11-7-19)30-23(17-4-8-20(9-5-17)29(2)3)22(25(33)26(30)34)24(32)18-12-14-27-15-13-18/h4-15,23,32H,1-3H3,(H,28,31)/b24-22-. The Morgan fingerprint density at radius 3 is 2.15 bits per heavy atom. The van der Waals surface area contributed by atoms with Crippen LogP contribution in [0.4, 0.5) is 17.1 Å². The molecule has 0 bridgehead atoms. The summed E-state index contributed by atoms with van der Waals surface area (Å²) in [5.74, 6) is -2.00. The first-order chi connectivity index (χ1) is 16.3. The van der Waals surface area contributed by atoms with Gasteiger partial charge in [0.25, 0.3) is 11.7 Å². The molecule has 8 nitrogen and oxygen atoms in total. The van der Waals surface area contributed by atoms with Gasteiger partial charge in [0.2, 0.25) is 5.91 Å². The van der Waals surface area contributed by atoms with Crippen LogP contribution in [0, 0.1) is 0 Å². The van der Waals surface area contributed by atoms with E-state index in [-0.39, 0.29) is 17.2 Å². The lowest BCUT2D eigenvalue weighted by Crippen LogP contribution is -2.29. The fraction of sp³-hybridized carbons (Fsp3) is 0.154. The highest BCUT2D eigenvalue weighted by molar-refractivity contribution is 6.51. The second-order valence-electron chi connectivity index (χ2n) is 8.12. The molecule has 4 rings (SSSR count). The number of carbonyl (C=O) groups is 3. The molecule has 1 saturated heterocycles. The third kappa shape index (κ3) is 4.25. The van der Waals surface area contributed by atoms with E-state index in [0.29, 0.717) is 22.5 Å². The number of aliphatic hydroxyl groups excluding tert-OH is 1. The quantitative estimate of drug-likeness (QED) is 0.345. The average molecular weight is 457 g/mol. The number of hydrogen-bond acceptors (Lipinski definition) is 6. The molecule has 1 fully saturated rings. The second-order valence-corrected chi connectivity index (χ2v) is 8.12. The van der Waals surface area contributed by atoms with Gasteiger partial charge in [0.05, 0.1) is 11.6 Å². The molecule has 2 amide bonds. The first kappa shape index (κ1) is 22.7. The number of nitrogens with zero attached hydrogens (tertiary/aromatic N) is 3. The fourth-order valence-corrected chi connectivity index (χ4v) is 3.94. The number of hydrogen-bond donors (Lipinski definition) is 2. The van der Waals surface area contributed by atoms with Crippen LogP contribution in [0.1, 0.15) is 24.1 Å². The molecule has 0 radical (unpaired) electrons. The van der Waals surface area contributed by atoms with Crippen molar-refractivity contribution in [3.63, 3.8) is 0 Å². The summed E-state index contributed by atoms with van der Waals surface area (Å²) in [5.41, 5.74) is 3.05. The van der Waals surface area contributed by atoms with Crippen LogP contribution in [0.15, 0.2) is 78.6 Å². The molecule has 1 aliphatic rings. The van der Waals surface area contributed by atoms with Crippen LogP contribution in [0.2, 0.25) is 0 Å². The molecular formula is C26H24N4O4. The van der Waals surface area contributed by atoms with Gasteiger partial charge in [0.1, 0.15) is 5.76 Å². The number of nitrogens with one attached hydrogen (secondary N) is 1. The molecular weight excluding hydrogens is 432 g/mol. The van der Waals surface area contributed by atoms with Crippen LogP contribution in [0.25, 0.3) is 5.76 Å². The highest BCUT2D eigenvalue weighted by Crippen LogP contribution is 2.42. The van der Waals surface area contributed by atoms with E-state index in [0.717, 1.165) is 5.69 Å². The molecule has 1 aromatic heterocycles. The van der Waals surface area contributed by atoms with E-state index >= 15 is 0 Å². The van der Waals surface area contributed by atoms with Crippen LogP contribution >= 0.6 is 0 Å². The molecule has 2 aromatic carbocycles. The van der Waals surface area contributed by atoms with E-state index < -0.39 is 17.7 Å². The van der Waals surface area contributed by atoms with Crippen molar-refractivity contribution in [2.75, 3.05) is 29.2 Å². The maximum atomic E-state index is 13.2. The minimum atomic E-state index is -0.837. The number of carbonyl (C=O) groups excluding carboxylic acids is 3. The first-order valence-corrected chi connectivity index (χ1v) is 10.6. The predicted octanol–water partition coefficient (Wildman–Crippen LogP) is 3.73. The van der Waals surface area contributed by atoms with E-state index in [4.69, 9.17) is 0 Å². The zero-order valence-electron chi connectivity index (χ0n) is 19.0. The highest BCUT2D eigenvalue weighted by atomic mass is 16.3. The Morgan fingerprint density at radius 2 is 1.59 bits per heavy atom. The molecule has 3 aromatic rings. The van der Waals surface area contributed by atoms with Gasteiger partial charge >= 0.3 is 0 Å². The Balaban J connectivity index is 1.86. The minimum absolute atomic E-state index is 0.000240. The Kier molecular flexibility index (Phi) is 6.14. The molecule has 1 aliphatic heterocycles. The van der Waals surface area contributed by atoms with Gasteiger partial charge in [-0.2, -0.15) is 0 Å². The summed E-state index contributed by atoms with van der Waals surface area (Å²) in [5, 5.41) is 13.8. The predicted molar refractivity (Wildman–Crippen MR) is 131 cm³/mol. The van der Waals surface area contributed by atoms with Crippen molar-refractivity contribution < 1.29 is 19.5 Å². The highest BCUT2D eigenvalue weighted by Gasteiger charge is 2.46. The van der Waals surface area contributed by atoms with E-state index in [1.54, 1.807) is 36.4 Å². The molecule has 172 valence electrons. The monoisotopic (exact) mass is 456 g/mol. The summed E-state index contributed by atoms with van der Waals surface area (Å²) in [6.07, 6.45) is 3.01. The van der Waals surface area contributed by atoms with E-state index in [1.165, 1.54) is 24.2 Å². The van der Waals surface area contributed by atoms with Crippen molar-refractivity contribution in [2.45, 2.75) is 13.0 Å². The van der Waals surface area contributed by atoms with Crippen molar-refractivity contribution in [3.05, 3.63) is 89.8 Å². The number of ketones is 1. The van der Waals surface area contributed by atoms with Crippen molar-refractivity contribution >= 4 is 40.4 Å². The Morgan fingerprint density at radius 1 is 0.971 bits per heavy atom. The lowest BCUT2D eigenvalue weighted by molar-refractivity contribution is -0.132. The molecule has 0 aliphatic carbocycles. The number of Topliss-reactive ketones (excluding diaryl/α,β-unsaturated/α-hetero) is 1. The van der Waals surface area contributed by atoms with E-state index in [1.807, 2.05) is 43.3 Å². The first-order valence-electron chi connectivity index (χ1n) is 10.6. The number of pyridine rings is 1. The number of anilines is 3. The topological polar surface area (TPSA) is 103 Å². The van der Waals surface area contributed by atoms with Gasteiger partial charge in [-0.1, -0.05) is 12.1 Å². The summed E-state index contributed by atoms with van der Waals surface area (Å²) >= 11 is 0. The molecule has 2 N–H and O–H groups in total. The van der Waals surface area contributed by atoms with Gasteiger partial charge in [0, 0.05) is 56.0 Å². The Bertz CT molecular complexity index is 1270. The van der Waals surface area contributed by atoms with Crippen LogP contribution in [-0.4, -0.2) is 41.8 Å². The van der Waals surface area contributed by atoms with Crippen molar-refractivity contribution in [3.8, 4) is 0 Å². The normalized spacial score (nSPS) is 17.0. The molecule has 8 heteroatoms. The lowest BCUT2D eigenvalue weighted by Gasteiger charge is -2.26. The average Bonchev–Trinajstić information content (AvgIpc) is 3.10. The molecule has 1 atom stereocenters. The van der Waals surface area contributed by atoms with Crippen LogP contribution in [-0.2, 0) is 14.4 Å². The zero-order chi connectivity index (χ0) is 24.4. The number of aromatic nitrogens is 1. The lowest BCUT2D eigenvalue weighted by atomic mass is 9.95. The SMILES string of the molecule is CC(=O)Nc1ccc(N2C(=O)C(=O)/C(=C(\O)c3ccncc3)C2c2ccc(N(C)C)cc2)cc1. The third-order valence-electron chi connectivity index (χ3n) is 5.59. The number of rotatable bonds is 5. The number of benzene rings is 2. The van der Waals surface area contributed by atoms with Crippen molar-refractivity contribution in [1.29, 1.82) is 0 Å². The second kappa shape index (κ2) is 9.19. The Hall–Kier alpha value is -4.46. The summed E-state index contributed by atoms with van der Waals surface area (Å²) in [7, 11) is 3.84. The fourth-order valence-electron chi connectivity index (χ4n) is 3.94. The van der Waals surface area contributed by atoms with Gasteiger partial charge in [-0.25, -0.2) is 0 Å². The van der Waals surface area contributed by atoms with Crippen molar-refractivity contribution in [1.82, 2.24) is 4.98 Å². The molecule has 0 spiro atoms. The number of aliphatic hydroxyl groups is 1. The summed E-state index contributed by atoms with van der Waals surface area (Å²) in [4.78, 5) is 45.0. The van der Waals surface area contributed by atoms with Crippen LogP contribution in [0.5, 0.6) is 0 Å².